The Morgan fingerprint density at radius 2 is 1.94 bits per heavy atom. The van der Waals surface area contributed by atoms with Crippen molar-refractivity contribution in [2.75, 3.05) is 26.7 Å². The Bertz CT molecular complexity index is 1260. The first-order valence-electron chi connectivity index (χ1n) is 11.7. The minimum atomic E-state index is 0.0649. The highest BCUT2D eigenvalue weighted by molar-refractivity contribution is 5.87. The molecule has 1 aromatic heterocycles. The number of carbonyl (C=O) groups is 1. The van der Waals surface area contributed by atoms with Crippen molar-refractivity contribution in [2.45, 2.75) is 39.2 Å². The third-order valence-corrected chi connectivity index (χ3v) is 6.36. The van der Waals surface area contributed by atoms with Gasteiger partial charge in [-0.3, -0.25) is 9.69 Å². The predicted octanol–water partition coefficient (Wildman–Crippen LogP) is 4.82. The van der Waals surface area contributed by atoms with Crippen LogP contribution in [-0.4, -0.2) is 53.5 Å². The smallest absolute Gasteiger partial charge is 0.230 e. The van der Waals surface area contributed by atoms with Crippen LogP contribution in [0.3, 0.4) is 0 Å². The van der Waals surface area contributed by atoms with E-state index in [9.17, 15) is 4.79 Å². The van der Waals surface area contributed by atoms with E-state index in [1.54, 1.807) is 14.0 Å². The van der Waals surface area contributed by atoms with Crippen LogP contribution in [0.4, 0.5) is 0 Å². The minimum Gasteiger partial charge on any atom is -0.493 e. The number of benzene rings is 2. The molecule has 0 radical (unpaired) electrons. The molecule has 0 spiro atoms. The van der Waals surface area contributed by atoms with E-state index in [4.69, 9.17) is 14.2 Å². The highest BCUT2D eigenvalue weighted by Crippen LogP contribution is 2.38. The van der Waals surface area contributed by atoms with Crippen LogP contribution in [0.1, 0.15) is 37.8 Å². The van der Waals surface area contributed by atoms with E-state index >= 15 is 0 Å². The van der Waals surface area contributed by atoms with Gasteiger partial charge in [0.15, 0.2) is 11.5 Å². The second-order valence-electron chi connectivity index (χ2n) is 9.12. The summed E-state index contributed by atoms with van der Waals surface area (Å²) in [6.45, 7) is 5.96. The molecule has 5 rings (SSSR count). The van der Waals surface area contributed by atoms with Crippen molar-refractivity contribution in [2.24, 2.45) is 0 Å². The summed E-state index contributed by atoms with van der Waals surface area (Å²) in [6, 6.07) is 9.90. The Morgan fingerprint density at radius 3 is 2.71 bits per heavy atom. The van der Waals surface area contributed by atoms with E-state index in [0.717, 1.165) is 49.0 Å². The number of carbonyl (C=O) groups excluding carboxylic acids is 1. The van der Waals surface area contributed by atoms with Crippen molar-refractivity contribution in [3.05, 3.63) is 53.4 Å². The largest absolute Gasteiger partial charge is 0.493 e. The van der Waals surface area contributed by atoms with Crippen LogP contribution in [0.2, 0.25) is 0 Å². The minimum absolute atomic E-state index is 0.0649. The molecule has 1 aliphatic carbocycles. The number of allylic oxidation sites excluding steroid dienone is 1. The summed E-state index contributed by atoms with van der Waals surface area (Å²) >= 11 is 0. The highest BCUT2D eigenvalue weighted by atomic mass is 16.5. The number of hydrogen-bond acceptors (Lipinski definition) is 7. The molecule has 1 saturated heterocycles. The molecule has 2 aromatic carbocycles. The van der Waals surface area contributed by atoms with Gasteiger partial charge in [-0.1, -0.05) is 17.7 Å². The molecule has 7 nitrogen and oxygen atoms in total. The van der Waals surface area contributed by atoms with Gasteiger partial charge in [0.2, 0.25) is 5.88 Å². The van der Waals surface area contributed by atoms with Gasteiger partial charge in [-0.05, 0) is 62.4 Å². The molecule has 1 fully saturated rings. The van der Waals surface area contributed by atoms with Crippen molar-refractivity contribution >= 4 is 22.8 Å². The Morgan fingerprint density at radius 1 is 1.12 bits per heavy atom. The molecule has 0 bridgehead atoms. The van der Waals surface area contributed by atoms with Crippen LogP contribution in [0.25, 0.3) is 17.0 Å². The second kappa shape index (κ2) is 9.43. The molecule has 7 heteroatoms. The first-order valence-corrected chi connectivity index (χ1v) is 11.7. The number of ketones is 1. The summed E-state index contributed by atoms with van der Waals surface area (Å²) in [5.74, 6) is 2.68. The standard InChI is InChI=1S/C27H29N3O4/c1-17-10-19-4-5-22(12-20(19)11-17)34-27-23-13-25(32-3)26(14-24(23)28-16-29-27)33-21-6-8-30(9-7-21)15-18(2)31/h4-5,11-14,16,21H,6-10,15H2,1-3H3. The first kappa shape index (κ1) is 22.3. The van der Waals surface area contributed by atoms with E-state index in [2.05, 4.69) is 33.9 Å². The number of piperidine rings is 1. The number of hydrogen-bond donors (Lipinski definition) is 0. The number of nitrogens with zero attached hydrogens (tertiary/aromatic N) is 3. The molecule has 3 aromatic rings. The van der Waals surface area contributed by atoms with Gasteiger partial charge in [-0.15, -0.1) is 0 Å². The number of rotatable bonds is 7. The lowest BCUT2D eigenvalue weighted by molar-refractivity contribution is -0.118. The highest BCUT2D eigenvalue weighted by Gasteiger charge is 2.23. The third kappa shape index (κ3) is 4.75. The molecule has 34 heavy (non-hydrogen) atoms. The van der Waals surface area contributed by atoms with Gasteiger partial charge in [-0.25, -0.2) is 9.97 Å². The summed E-state index contributed by atoms with van der Waals surface area (Å²) in [5, 5.41) is 0.759. The van der Waals surface area contributed by atoms with Gasteiger partial charge in [0, 0.05) is 19.2 Å². The van der Waals surface area contributed by atoms with Gasteiger partial charge >= 0.3 is 0 Å². The zero-order chi connectivity index (χ0) is 23.7. The topological polar surface area (TPSA) is 73.8 Å². The normalized spacial score (nSPS) is 16.3. The van der Waals surface area contributed by atoms with E-state index in [-0.39, 0.29) is 11.9 Å². The van der Waals surface area contributed by atoms with E-state index in [0.29, 0.717) is 23.9 Å². The van der Waals surface area contributed by atoms with Crippen molar-refractivity contribution in [1.29, 1.82) is 0 Å². The summed E-state index contributed by atoms with van der Waals surface area (Å²) in [4.78, 5) is 22.4. The number of fused-ring (bicyclic) bond motifs is 2. The Labute approximate surface area is 199 Å². The SMILES string of the molecule is COc1cc2c(Oc3ccc4c(c3)C=C(C)C4)ncnc2cc1OC1CCN(CC(C)=O)CC1. The number of likely N-dealkylation sites (tertiary alicyclic amines) is 1. The Kier molecular flexibility index (Phi) is 6.20. The van der Waals surface area contributed by atoms with Crippen molar-refractivity contribution < 1.29 is 19.0 Å². The Hall–Kier alpha value is -3.45. The Balaban J connectivity index is 1.36. The first-order chi connectivity index (χ1) is 16.5. The number of Topliss-reactive ketones (excluding diaryl/α,β-unsaturated/α-hetero) is 1. The number of methoxy groups -OCH3 is 1. The average Bonchev–Trinajstić information content (AvgIpc) is 3.19. The lowest BCUT2D eigenvalue weighted by atomic mass is 10.1. The van der Waals surface area contributed by atoms with Crippen molar-refractivity contribution in [1.82, 2.24) is 14.9 Å². The number of aromatic nitrogens is 2. The van der Waals surface area contributed by atoms with Gasteiger partial charge in [0.05, 0.1) is 24.6 Å². The zero-order valence-electron chi connectivity index (χ0n) is 19.8. The third-order valence-electron chi connectivity index (χ3n) is 6.36. The van der Waals surface area contributed by atoms with E-state index in [1.807, 2.05) is 24.3 Å². The molecule has 0 saturated carbocycles. The molecule has 0 N–H and O–H groups in total. The van der Waals surface area contributed by atoms with Crippen LogP contribution >= 0.6 is 0 Å². The van der Waals surface area contributed by atoms with Crippen LogP contribution in [0.5, 0.6) is 23.1 Å². The molecule has 0 atom stereocenters. The fraction of sp³-hybridized carbons (Fsp3) is 0.370. The maximum absolute atomic E-state index is 11.4. The van der Waals surface area contributed by atoms with Crippen LogP contribution < -0.4 is 14.2 Å². The zero-order valence-corrected chi connectivity index (χ0v) is 19.8. The molecule has 0 amide bonds. The van der Waals surface area contributed by atoms with Crippen LogP contribution in [0.15, 0.2) is 42.2 Å². The van der Waals surface area contributed by atoms with Gasteiger partial charge in [0.25, 0.3) is 0 Å². The predicted molar refractivity (Wildman–Crippen MR) is 131 cm³/mol. The monoisotopic (exact) mass is 459 g/mol. The fourth-order valence-corrected chi connectivity index (χ4v) is 4.71. The molecule has 2 aliphatic rings. The molecular formula is C27H29N3O4. The summed E-state index contributed by atoms with van der Waals surface area (Å²) in [5.41, 5.74) is 4.58. The van der Waals surface area contributed by atoms with Crippen molar-refractivity contribution in [3.63, 3.8) is 0 Å². The maximum atomic E-state index is 11.4. The molecular weight excluding hydrogens is 430 g/mol. The molecule has 0 unspecified atom stereocenters. The van der Waals surface area contributed by atoms with Crippen LogP contribution in [-0.2, 0) is 11.2 Å². The summed E-state index contributed by atoms with van der Waals surface area (Å²) < 4.78 is 18.1. The molecule has 2 heterocycles. The molecule has 1 aliphatic heterocycles. The lowest BCUT2D eigenvalue weighted by Crippen LogP contribution is -2.40. The fourth-order valence-electron chi connectivity index (χ4n) is 4.71. The average molecular weight is 460 g/mol. The number of ether oxygens (including phenoxy) is 3. The molecule has 176 valence electrons. The quantitative estimate of drug-likeness (QED) is 0.501. The van der Waals surface area contributed by atoms with Gasteiger partial charge < -0.3 is 14.2 Å². The lowest BCUT2D eigenvalue weighted by Gasteiger charge is -2.31. The summed E-state index contributed by atoms with van der Waals surface area (Å²) in [7, 11) is 1.63. The van der Waals surface area contributed by atoms with E-state index in [1.165, 1.54) is 23.0 Å². The van der Waals surface area contributed by atoms with Gasteiger partial charge in [0.1, 0.15) is 24.0 Å². The van der Waals surface area contributed by atoms with E-state index < -0.39 is 0 Å². The maximum Gasteiger partial charge on any atom is 0.230 e. The summed E-state index contributed by atoms with van der Waals surface area (Å²) in [6.07, 6.45) is 6.47. The second-order valence-corrected chi connectivity index (χ2v) is 9.12. The van der Waals surface area contributed by atoms with Crippen molar-refractivity contribution in [3.8, 4) is 23.1 Å². The van der Waals surface area contributed by atoms with Gasteiger partial charge in [-0.2, -0.15) is 0 Å². The van der Waals surface area contributed by atoms with Crippen LogP contribution in [0, 0.1) is 0 Å².